The zero-order valence-electron chi connectivity index (χ0n) is 14.9. The number of nitrogens with zero attached hydrogens (tertiary/aromatic N) is 1. The molecule has 146 valence electrons. The number of thiazole rings is 1. The van der Waals surface area contributed by atoms with Gasteiger partial charge in [0.25, 0.3) is 0 Å². The van der Waals surface area contributed by atoms with Crippen LogP contribution in [0.25, 0.3) is 10.2 Å². The average molecular weight is 418 g/mol. The van der Waals surface area contributed by atoms with Crippen molar-refractivity contribution in [1.29, 1.82) is 0 Å². The Bertz CT molecular complexity index is 1070. The molecule has 28 heavy (non-hydrogen) atoms. The second-order valence-corrected chi connectivity index (χ2v) is 9.64. The van der Waals surface area contributed by atoms with E-state index in [1.807, 2.05) is 24.3 Å². The lowest BCUT2D eigenvalue weighted by Gasteiger charge is -2.05. The van der Waals surface area contributed by atoms with Crippen molar-refractivity contribution in [3.63, 3.8) is 0 Å². The summed E-state index contributed by atoms with van der Waals surface area (Å²) in [5.74, 6) is 1.00. The van der Waals surface area contributed by atoms with Crippen LogP contribution in [0.2, 0.25) is 0 Å². The topological polar surface area (TPSA) is 94.6 Å². The maximum Gasteiger partial charge on any atom is 0.231 e. The molecule has 1 amide bonds. The quantitative estimate of drug-likeness (QED) is 0.632. The number of carbonyl (C=O) groups excluding carboxylic acids is 1. The molecule has 0 atom stereocenters. The molecule has 0 saturated carbocycles. The summed E-state index contributed by atoms with van der Waals surface area (Å²) in [5, 5.41) is 3.20. The van der Waals surface area contributed by atoms with Gasteiger partial charge in [0.15, 0.2) is 26.5 Å². The molecule has 2 aromatic carbocycles. The molecule has 7 nitrogen and oxygen atoms in total. The van der Waals surface area contributed by atoms with Crippen molar-refractivity contribution in [3.05, 3.63) is 48.0 Å². The molecule has 0 bridgehead atoms. The molecule has 0 radical (unpaired) electrons. The Balaban J connectivity index is 1.30. The molecule has 1 aliphatic rings. The van der Waals surface area contributed by atoms with Crippen molar-refractivity contribution in [2.24, 2.45) is 0 Å². The number of rotatable bonds is 7. The zero-order chi connectivity index (χ0) is 19.6. The van der Waals surface area contributed by atoms with Crippen molar-refractivity contribution < 1.29 is 22.7 Å². The largest absolute Gasteiger partial charge is 0.454 e. The first kappa shape index (κ1) is 18.7. The third-order valence-electron chi connectivity index (χ3n) is 4.22. The Morgan fingerprint density at radius 3 is 2.68 bits per heavy atom. The van der Waals surface area contributed by atoms with Gasteiger partial charge < -0.3 is 14.8 Å². The molecule has 0 fully saturated rings. The number of fused-ring (bicyclic) bond motifs is 2. The number of benzene rings is 2. The summed E-state index contributed by atoms with van der Waals surface area (Å²) in [6.45, 7) is 0.198. The average Bonchev–Trinajstić information content (AvgIpc) is 3.24. The van der Waals surface area contributed by atoms with Crippen LogP contribution in [0.3, 0.4) is 0 Å². The number of sulfone groups is 1. The molecule has 0 unspecified atom stereocenters. The van der Waals surface area contributed by atoms with Gasteiger partial charge in [-0.1, -0.05) is 41.7 Å². The number of hydrogen-bond acceptors (Lipinski definition) is 7. The highest BCUT2D eigenvalue weighted by Crippen LogP contribution is 2.38. The van der Waals surface area contributed by atoms with E-state index in [9.17, 15) is 13.2 Å². The number of carbonyl (C=O) groups is 1. The predicted octanol–water partition coefficient (Wildman–Crippen LogP) is 3.36. The van der Waals surface area contributed by atoms with Gasteiger partial charge in [-0.15, -0.1) is 0 Å². The number of nitrogens with one attached hydrogen (secondary N) is 1. The summed E-state index contributed by atoms with van der Waals surface area (Å²) in [6.07, 6.45) is 0.383. The van der Waals surface area contributed by atoms with E-state index in [4.69, 9.17) is 9.47 Å². The van der Waals surface area contributed by atoms with Gasteiger partial charge in [-0.25, -0.2) is 13.4 Å². The Labute approximate surface area is 166 Å². The van der Waals surface area contributed by atoms with Crippen LogP contribution in [0.4, 0.5) is 5.13 Å². The lowest BCUT2D eigenvalue weighted by molar-refractivity contribution is -0.116. The molecule has 1 aliphatic heterocycles. The van der Waals surface area contributed by atoms with E-state index >= 15 is 0 Å². The number of amides is 1. The Hall–Kier alpha value is -2.65. The van der Waals surface area contributed by atoms with E-state index in [-0.39, 0.29) is 37.0 Å². The minimum Gasteiger partial charge on any atom is -0.454 e. The van der Waals surface area contributed by atoms with Crippen LogP contribution in [0.1, 0.15) is 18.4 Å². The SMILES string of the molecule is O=C(CCCS(=O)(=O)Cc1ccccc1)Nc1nc2cc3c(cc2s1)OCO3. The standard InChI is InChI=1S/C19H18N2O5S2/c22-18(7-4-8-28(23,24)11-13-5-2-1-3-6-13)21-19-20-14-9-15-16(26-12-25-15)10-17(14)27-19/h1-3,5-6,9-10H,4,7-8,11-12H2,(H,20,21,22). The van der Waals surface area contributed by atoms with Crippen molar-refractivity contribution in [2.75, 3.05) is 17.9 Å². The molecule has 0 aliphatic carbocycles. The number of hydrogen-bond donors (Lipinski definition) is 1. The summed E-state index contributed by atoms with van der Waals surface area (Å²) >= 11 is 1.34. The van der Waals surface area contributed by atoms with E-state index in [1.54, 1.807) is 18.2 Å². The summed E-state index contributed by atoms with van der Waals surface area (Å²) in [4.78, 5) is 16.5. The second-order valence-electron chi connectivity index (χ2n) is 6.42. The van der Waals surface area contributed by atoms with Gasteiger partial charge in [-0.05, 0) is 12.0 Å². The third-order valence-corrected chi connectivity index (χ3v) is 6.84. The Morgan fingerprint density at radius 2 is 1.89 bits per heavy atom. The van der Waals surface area contributed by atoms with Crippen LogP contribution >= 0.6 is 11.3 Å². The smallest absolute Gasteiger partial charge is 0.231 e. The first-order valence-corrected chi connectivity index (χ1v) is 11.4. The fraction of sp³-hybridized carbons (Fsp3) is 0.263. The Morgan fingerprint density at radius 1 is 1.14 bits per heavy atom. The summed E-state index contributed by atoms with van der Waals surface area (Å²) in [6, 6.07) is 12.6. The predicted molar refractivity (Wildman–Crippen MR) is 108 cm³/mol. The maximum absolute atomic E-state index is 12.2. The molecule has 0 spiro atoms. The van der Waals surface area contributed by atoms with Crippen LogP contribution in [0.5, 0.6) is 11.5 Å². The van der Waals surface area contributed by atoms with E-state index in [2.05, 4.69) is 10.3 Å². The van der Waals surface area contributed by atoms with Gasteiger partial charge in [0.05, 0.1) is 21.7 Å². The first-order valence-electron chi connectivity index (χ1n) is 8.73. The van der Waals surface area contributed by atoms with Gasteiger partial charge in [0.2, 0.25) is 12.7 Å². The first-order chi connectivity index (χ1) is 13.5. The van der Waals surface area contributed by atoms with Crippen LogP contribution in [-0.4, -0.2) is 31.9 Å². The fourth-order valence-corrected chi connectivity index (χ4v) is 5.23. The second kappa shape index (κ2) is 7.76. The lowest BCUT2D eigenvalue weighted by Crippen LogP contribution is -2.15. The zero-order valence-corrected chi connectivity index (χ0v) is 16.5. The van der Waals surface area contributed by atoms with Crippen LogP contribution in [0, 0.1) is 0 Å². The Kier molecular flexibility index (Phi) is 5.19. The molecule has 1 aromatic heterocycles. The van der Waals surface area contributed by atoms with Crippen LogP contribution < -0.4 is 14.8 Å². The molecule has 3 aromatic rings. The van der Waals surface area contributed by atoms with Gasteiger partial charge >= 0.3 is 0 Å². The normalized spacial score (nSPS) is 13.0. The molecular weight excluding hydrogens is 400 g/mol. The van der Waals surface area contributed by atoms with E-state index in [0.717, 1.165) is 15.8 Å². The van der Waals surface area contributed by atoms with E-state index in [0.29, 0.717) is 16.6 Å². The monoisotopic (exact) mass is 418 g/mol. The lowest BCUT2D eigenvalue weighted by atomic mass is 10.2. The molecule has 2 heterocycles. The maximum atomic E-state index is 12.2. The molecular formula is C19H18N2O5S2. The summed E-state index contributed by atoms with van der Waals surface area (Å²) < 4.78 is 35.9. The molecule has 9 heteroatoms. The highest BCUT2D eigenvalue weighted by atomic mass is 32.2. The van der Waals surface area contributed by atoms with Gasteiger partial charge in [-0.2, -0.15) is 0 Å². The van der Waals surface area contributed by atoms with Gasteiger partial charge in [-0.3, -0.25) is 4.79 Å². The van der Waals surface area contributed by atoms with Crippen molar-refractivity contribution in [3.8, 4) is 11.5 Å². The van der Waals surface area contributed by atoms with E-state index in [1.165, 1.54) is 11.3 Å². The third kappa shape index (κ3) is 4.42. The minimum absolute atomic E-state index is 0.0118. The minimum atomic E-state index is -3.25. The number of aromatic nitrogens is 1. The molecule has 4 rings (SSSR count). The van der Waals surface area contributed by atoms with Crippen molar-refractivity contribution in [2.45, 2.75) is 18.6 Å². The highest BCUT2D eigenvalue weighted by molar-refractivity contribution is 7.90. The molecule has 1 N–H and O–H groups in total. The number of ether oxygens (including phenoxy) is 2. The van der Waals surface area contributed by atoms with Crippen molar-refractivity contribution in [1.82, 2.24) is 4.98 Å². The summed E-state index contributed by atoms with van der Waals surface area (Å²) in [7, 11) is -3.25. The number of anilines is 1. The van der Waals surface area contributed by atoms with Gasteiger partial charge in [0, 0.05) is 18.6 Å². The van der Waals surface area contributed by atoms with Crippen LogP contribution in [-0.2, 0) is 20.4 Å². The highest BCUT2D eigenvalue weighted by Gasteiger charge is 2.18. The molecule has 0 saturated heterocycles. The van der Waals surface area contributed by atoms with Crippen LogP contribution in [0.15, 0.2) is 42.5 Å². The van der Waals surface area contributed by atoms with Gasteiger partial charge in [0.1, 0.15) is 0 Å². The van der Waals surface area contributed by atoms with Crippen molar-refractivity contribution >= 4 is 42.4 Å². The summed E-state index contributed by atoms with van der Waals surface area (Å²) in [5.41, 5.74) is 1.47. The van der Waals surface area contributed by atoms with E-state index < -0.39 is 9.84 Å². The fourth-order valence-electron chi connectivity index (χ4n) is 2.91.